The number of amides is 1. The third-order valence-corrected chi connectivity index (χ3v) is 3.81. The summed E-state index contributed by atoms with van der Waals surface area (Å²) in [5, 5.41) is 6.38. The van der Waals surface area contributed by atoms with Crippen molar-refractivity contribution in [1.82, 2.24) is 10.6 Å². The molecule has 1 aliphatic rings. The van der Waals surface area contributed by atoms with Crippen LogP contribution >= 0.6 is 12.4 Å². The average molecular weight is 343 g/mol. The van der Waals surface area contributed by atoms with Gasteiger partial charge >= 0.3 is 0 Å². The van der Waals surface area contributed by atoms with E-state index in [9.17, 15) is 4.79 Å². The van der Waals surface area contributed by atoms with E-state index in [2.05, 4.69) is 10.6 Å². The lowest BCUT2D eigenvalue weighted by Crippen LogP contribution is -2.38. The Kier molecular flexibility index (Phi) is 9.67. The summed E-state index contributed by atoms with van der Waals surface area (Å²) in [7, 11) is 1.67. The fourth-order valence-electron chi connectivity index (χ4n) is 2.56. The quantitative estimate of drug-likeness (QED) is 0.711. The van der Waals surface area contributed by atoms with Crippen LogP contribution in [0.5, 0.6) is 5.75 Å². The normalized spacial score (nSPS) is 17.2. The summed E-state index contributed by atoms with van der Waals surface area (Å²) in [6, 6.07) is 7.33. The van der Waals surface area contributed by atoms with E-state index in [1.54, 1.807) is 13.2 Å². The maximum absolute atomic E-state index is 12.2. The highest BCUT2D eigenvalue weighted by molar-refractivity contribution is 5.94. The summed E-state index contributed by atoms with van der Waals surface area (Å²) in [4.78, 5) is 12.2. The fourth-order valence-corrected chi connectivity index (χ4v) is 2.56. The zero-order chi connectivity index (χ0) is 15.6. The number of carbonyl (C=O) groups excluding carboxylic acids is 1. The van der Waals surface area contributed by atoms with Gasteiger partial charge in [0.15, 0.2) is 0 Å². The van der Waals surface area contributed by atoms with Gasteiger partial charge in [-0.15, -0.1) is 12.4 Å². The first-order valence-corrected chi connectivity index (χ1v) is 8.00. The zero-order valence-electron chi connectivity index (χ0n) is 13.7. The van der Waals surface area contributed by atoms with Crippen LogP contribution in [0, 0.1) is 5.92 Å². The van der Waals surface area contributed by atoms with Gasteiger partial charge in [0, 0.05) is 32.2 Å². The Balaban J connectivity index is 0.00000264. The van der Waals surface area contributed by atoms with E-state index in [0.717, 1.165) is 31.8 Å². The van der Waals surface area contributed by atoms with Crippen LogP contribution in [0.4, 0.5) is 0 Å². The molecule has 5 nitrogen and oxygen atoms in total. The van der Waals surface area contributed by atoms with Crippen molar-refractivity contribution in [3.8, 4) is 5.75 Å². The van der Waals surface area contributed by atoms with E-state index < -0.39 is 0 Å². The smallest absolute Gasteiger partial charge is 0.251 e. The molecule has 2 rings (SSSR count). The van der Waals surface area contributed by atoms with Gasteiger partial charge in [-0.05, 0) is 50.0 Å². The first-order chi connectivity index (χ1) is 10.8. The number of benzene rings is 1. The number of carbonyl (C=O) groups is 1. The number of methoxy groups -OCH3 is 1. The van der Waals surface area contributed by atoms with Gasteiger partial charge in [-0.2, -0.15) is 0 Å². The number of nitrogens with one attached hydrogen (secondary N) is 2. The molecule has 0 aliphatic carbocycles. The molecule has 1 atom stereocenters. The molecule has 1 aliphatic heterocycles. The molecule has 2 N–H and O–H groups in total. The molecule has 6 heteroatoms. The van der Waals surface area contributed by atoms with Gasteiger partial charge in [0.05, 0.1) is 6.61 Å². The molecule has 0 spiro atoms. The van der Waals surface area contributed by atoms with Crippen LogP contribution in [-0.4, -0.2) is 45.9 Å². The number of piperidine rings is 1. The topological polar surface area (TPSA) is 59.6 Å². The molecule has 0 aromatic heterocycles. The third-order valence-electron chi connectivity index (χ3n) is 3.81. The Morgan fingerprint density at radius 1 is 1.39 bits per heavy atom. The fraction of sp³-hybridized carbons (Fsp3) is 0.588. The van der Waals surface area contributed by atoms with Crippen molar-refractivity contribution >= 4 is 18.3 Å². The lowest BCUT2D eigenvalue weighted by molar-refractivity contribution is 0.0944. The van der Waals surface area contributed by atoms with Crippen molar-refractivity contribution in [3.05, 3.63) is 29.8 Å². The maximum Gasteiger partial charge on any atom is 0.251 e. The van der Waals surface area contributed by atoms with Gasteiger partial charge in [0.2, 0.25) is 0 Å². The van der Waals surface area contributed by atoms with Crippen molar-refractivity contribution in [1.29, 1.82) is 0 Å². The molecular formula is C17H27ClN2O3. The number of rotatable bonds is 8. The lowest BCUT2D eigenvalue weighted by atomic mass is 9.99. The van der Waals surface area contributed by atoms with Gasteiger partial charge < -0.3 is 20.1 Å². The molecular weight excluding hydrogens is 316 g/mol. The Hall–Kier alpha value is -1.30. The summed E-state index contributed by atoms with van der Waals surface area (Å²) in [6.07, 6.45) is 3.20. The largest absolute Gasteiger partial charge is 0.493 e. The zero-order valence-corrected chi connectivity index (χ0v) is 14.5. The van der Waals surface area contributed by atoms with Crippen molar-refractivity contribution < 1.29 is 14.3 Å². The Morgan fingerprint density at radius 3 is 3.00 bits per heavy atom. The maximum atomic E-state index is 12.2. The summed E-state index contributed by atoms with van der Waals surface area (Å²) in [6.45, 7) is 4.07. The second kappa shape index (κ2) is 11.3. The standard InChI is InChI=1S/C17H26N2O3.ClH/c1-21-9-4-10-22-16-7-2-6-15(11-16)17(20)19-13-14-5-3-8-18-12-14;/h2,6-7,11,14,18H,3-5,8-10,12-13H2,1H3,(H,19,20);1H. The van der Waals surface area contributed by atoms with Crippen LogP contribution in [-0.2, 0) is 4.74 Å². The predicted molar refractivity (Wildman–Crippen MR) is 93.6 cm³/mol. The Labute approximate surface area is 144 Å². The molecule has 0 radical (unpaired) electrons. The second-order valence-electron chi connectivity index (χ2n) is 5.65. The number of hydrogen-bond donors (Lipinski definition) is 2. The van der Waals surface area contributed by atoms with E-state index in [-0.39, 0.29) is 18.3 Å². The van der Waals surface area contributed by atoms with Gasteiger partial charge in [-0.3, -0.25) is 4.79 Å². The minimum Gasteiger partial charge on any atom is -0.493 e. The third kappa shape index (κ3) is 7.20. The highest BCUT2D eigenvalue weighted by Gasteiger charge is 2.14. The minimum atomic E-state index is -0.0343. The monoisotopic (exact) mass is 342 g/mol. The molecule has 1 heterocycles. The molecule has 130 valence electrons. The highest BCUT2D eigenvalue weighted by Crippen LogP contribution is 2.14. The number of ether oxygens (including phenoxy) is 2. The Morgan fingerprint density at radius 2 is 2.26 bits per heavy atom. The summed E-state index contributed by atoms with van der Waals surface area (Å²) >= 11 is 0. The SMILES string of the molecule is COCCCOc1cccc(C(=O)NCC2CCCNC2)c1.Cl. The van der Waals surface area contributed by atoms with Crippen LogP contribution in [0.2, 0.25) is 0 Å². The van der Waals surface area contributed by atoms with Crippen molar-refractivity contribution in [2.24, 2.45) is 5.92 Å². The van der Waals surface area contributed by atoms with E-state index in [0.29, 0.717) is 24.7 Å². The molecule has 1 aromatic rings. The molecule has 0 saturated carbocycles. The minimum absolute atomic E-state index is 0. The van der Waals surface area contributed by atoms with Crippen LogP contribution in [0.25, 0.3) is 0 Å². The molecule has 0 bridgehead atoms. The van der Waals surface area contributed by atoms with E-state index in [1.165, 1.54) is 12.8 Å². The Bertz CT molecular complexity index is 465. The summed E-state index contributed by atoms with van der Waals surface area (Å²) in [5.41, 5.74) is 0.646. The molecule has 1 aromatic carbocycles. The first kappa shape index (κ1) is 19.7. The molecule has 1 saturated heterocycles. The van der Waals surface area contributed by atoms with Crippen molar-refractivity contribution in [2.45, 2.75) is 19.3 Å². The van der Waals surface area contributed by atoms with Gasteiger partial charge in [0.25, 0.3) is 5.91 Å². The number of hydrogen-bond acceptors (Lipinski definition) is 4. The van der Waals surface area contributed by atoms with Crippen molar-refractivity contribution in [3.63, 3.8) is 0 Å². The molecule has 1 amide bonds. The van der Waals surface area contributed by atoms with E-state index in [4.69, 9.17) is 9.47 Å². The van der Waals surface area contributed by atoms with Crippen LogP contribution in [0.1, 0.15) is 29.6 Å². The first-order valence-electron chi connectivity index (χ1n) is 8.00. The van der Waals surface area contributed by atoms with Crippen LogP contribution in [0.15, 0.2) is 24.3 Å². The van der Waals surface area contributed by atoms with Gasteiger partial charge in [-0.25, -0.2) is 0 Å². The van der Waals surface area contributed by atoms with Gasteiger partial charge in [0.1, 0.15) is 5.75 Å². The second-order valence-corrected chi connectivity index (χ2v) is 5.65. The van der Waals surface area contributed by atoms with Gasteiger partial charge in [-0.1, -0.05) is 6.07 Å². The summed E-state index contributed by atoms with van der Waals surface area (Å²) < 4.78 is 10.6. The molecule has 1 unspecified atom stereocenters. The van der Waals surface area contributed by atoms with Crippen molar-refractivity contribution in [2.75, 3.05) is 40.0 Å². The average Bonchev–Trinajstić information content (AvgIpc) is 2.58. The summed E-state index contributed by atoms with van der Waals surface area (Å²) in [5.74, 6) is 1.22. The lowest BCUT2D eigenvalue weighted by Gasteiger charge is -2.22. The van der Waals surface area contributed by atoms with Crippen LogP contribution in [0.3, 0.4) is 0 Å². The molecule has 23 heavy (non-hydrogen) atoms. The number of halogens is 1. The highest BCUT2D eigenvalue weighted by atomic mass is 35.5. The van der Waals surface area contributed by atoms with E-state index in [1.807, 2.05) is 18.2 Å². The predicted octanol–water partition coefficient (Wildman–Crippen LogP) is 2.25. The molecule has 1 fully saturated rings. The van der Waals surface area contributed by atoms with E-state index >= 15 is 0 Å². The van der Waals surface area contributed by atoms with Crippen LogP contribution < -0.4 is 15.4 Å².